The molecule has 0 aromatic heterocycles. The molecular weight excluding hydrogens is 158 g/mol. The third-order valence-corrected chi connectivity index (χ3v) is 3.07. The molecule has 2 atom stereocenters. The molecule has 0 bridgehead atoms. The van der Waals surface area contributed by atoms with Gasteiger partial charge in [0.15, 0.2) is 0 Å². The van der Waals surface area contributed by atoms with Gasteiger partial charge in [0.2, 0.25) is 0 Å². The molecule has 0 aromatic carbocycles. The lowest BCUT2D eigenvalue weighted by Gasteiger charge is -2.39. The van der Waals surface area contributed by atoms with E-state index in [1.54, 1.807) is 0 Å². The van der Waals surface area contributed by atoms with Crippen LogP contribution in [0.1, 0.15) is 53.4 Å². The number of rotatable bonds is 3. The van der Waals surface area contributed by atoms with E-state index in [0.29, 0.717) is 5.41 Å². The van der Waals surface area contributed by atoms with Crippen LogP contribution < -0.4 is 5.32 Å². The van der Waals surface area contributed by atoms with E-state index in [0.717, 1.165) is 12.0 Å². The minimum atomic E-state index is 0.559. The third kappa shape index (κ3) is 3.68. The van der Waals surface area contributed by atoms with E-state index in [2.05, 4.69) is 33.0 Å². The minimum absolute atomic E-state index is 0.559. The van der Waals surface area contributed by atoms with Crippen LogP contribution in [0, 0.1) is 11.3 Å². The molecule has 1 nitrogen and oxygen atoms in total. The van der Waals surface area contributed by atoms with Gasteiger partial charge in [-0.3, -0.25) is 0 Å². The number of nitrogens with one attached hydrogen (secondary N) is 1. The summed E-state index contributed by atoms with van der Waals surface area (Å²) < 4.78 is 0. The van der Waals surface area contributed by atoms with E-state index in [-0.39, 0.29) is 0 Å². The lowest BCUT2D eigenvalue weighted by Crippen LogP contribution is -2.40. The Morgan fingerprint density at radius 3 is 2.54 bits per heavy atom. The SMILES string of the molecule is CCCN[C@@H]1C[C@@H](C)CC(C)(C)C1. The maximum absolute atomic E-state index is 3.66. The molecule has 13 heavy (non-hydrogen) atoms. The fourth-order valence-electron chi connectivity index (χ4n) is 2.85. The Morgan fingerprint density at radius 2 is 2.00 bits per heavy atom. The maximum atomic E-state index is 3.66. The van der Waals surface area contributed by atoms with Gasteiger partial charge in [-0.25, -0.2) is 0 Å². The maximum Gasteiger partial charge on any atom is 0.00746 e. The quantitative estimate of drug-likeness (QED) is 0.708. The van der Waals surface area contributed by atoms with E-state index in [1.807, 2.05) is 0 Å². The van der Waals surface area contributed by atoms with Crippen LogP contribution in [0.5, 0.6) is 0 Å². The van der Waals surface area contributed by atoms with Crippen molar-refractivity contribution in [2.75, 3.05) is 6.54 Å². The summed E-state index contributed by atoms with van der Waals surface area (Å²) in [4.78, 5) is 0. The summed E-state index contributed by atoms with van der Waals surface area (Å²) in [5.74, 6) is 0.901. The fraction of sp³-hybridized carbons (Fsp3) is 1.00. The molecule has 0 amide bonds. The molecule has 0 radical (unpaired) electrons. The van der Waals surface area contributed by atoms with Crippen molar-refractivity contribution in [2.45, 2.75) is 59.4 Å². The monoisotopic (exact) mass is 183 g/mol. The molecular formula is C12H25N. The van der Waals surface area contributed by atoms with Gasteiger partial charge in [0.1, 0.15) is 0 Å². The van der Waals surface area contributed by atoms with Gasteiger partial charge in [-0.1, -0.05) is 27.7 Å². The zero-order chi connectivity index (χ0) is 9.90. The highest BCUT2D eigenvalue weighted by atomic mass is 14.9. The van der Waals surface area contributed by atoms with Gasteiger partial charge in [-0.05, 0) is 43.6 Å². The average molecular weight is 183 g/mol. The zero-order valence-electron chi connectivity index (χ0n) is 9.69. The topological polar surface area (TPSA) is 12.0 Å². The second kappa shape index (κ2) is 4.45. The van der Waals surface area contributed by atoms with Gasteiger partial charge in [0, 0.05) is 6.04 Å². The molecule has 0 spiro atoms. The van der Waals surface area contributed by atoms with Crippen molar-refractivity contribution in [2.24, 2.45) is 11.3 Å². The first-order valence-electron chi connectivity index (χ1n) is 5.77. The van der Waals surface area contributed by atoms with Gasteiger partial charge in [0.05, 0.1) is 0 Å². The Kier molecular flexibility index (Phi) is 3.78. The highest BCUT2D eigenvalue weighted by Gasteiger charge is 2.31. The molecule has 0 aliphatic heterocycles. The lowest BCUT2D eigenvalue weighted by molar-refractivity contribution is 0.152. The second-order valence-corrected chi connectivity index (χ2v) is 5.56. The number of hydrogen-bond acceptors (Lipinski definition) is 1. The highest BCUT2D eigenvalue weighted by Crippen LogP contribution is 2.38. The van der Waals surface area contributed by atoms with E-state index in [9.17, 15) is 0 Å². The van der Waals surface area contributed by atoms with Crippen molar-refractivity contribution >= 4 is 0 Å². The number of hydrogen-bond donors (Lipinski definition) is 1. The van der Waals surface area contributed by atoms with Gasteiger partial charge >= 0.3 is 0 Å². The predicted octanol–water partition coefficient (Wildman–Crippen LogP) is 3.20. The first-order valence-corrected chi connectivity index (χ1v) is 5.77. The van der Waals surface area contributed by atoms with Gasteiger partial charge in [-0.2, -0.15) is 0 Å². The second-order valence-electron chi connectivity index (χ2n) is 5.56. The molecule has 0 aromatic rings. The van der Waals surface area contributed by atoms with Crippen molar-refractivity contribution in [1.29, 1.82) is 0 Å². The Hall–Kier alpha value is -0.0400. The summed E-state index contributed by atoms with van der Waals surface area (Å²) in [5.41, 5.74) is 0.559. The van der Waals surface area contributed by atoms with Crippen molar-refractivity contribution in [3.05, 3.63) is 0 Å². The van der Waals surface area contributed by atoms with E-state index < -0.39 is 0 Å². The summed E-state index contributed by atoms with van der Waals surface area (Å²) in [6, 6.07) is 0.777. The fourth-order valence-corrected chi connectivity index (χ4v) is 2.85. The molecule has 1 aliphatic carbocycles. The summed E-state index contributed by atoms with van der Waals surface area (Å²) in [5, 5.41) is 3.66. The first-order chi connectivity index (χ1) is 6.03. The molecule has 1 aliphatic rings. The normalized spacial score (nSPS) is 33.2. The summed E-state index contributed by atoms with van der Waals surface area (Å²) in [6.45, 7) is 10.6. The zero-order valence-corrected chi connectivity index (χ0v) is 9.69. The summed E-state index contributed by atoms with van der Waals surface area (Å²) in [6.07, 6.45) is 5.39. The van der Waals surface area contributed by atoms with E-state index >= 15 is 0 Å². The Morgan fingerprint density at radius 1 is 1.31 bits per heavy atom. The molecule has 1 fully saturated rings. The molecule has 1 saturated carbocycles. The van der Waals surface area contributed by atoms with Crippen molar-refractivity contribution < 1.29 is 0 Å². The Balaban J connectivity index is 2.38. The predicted molar refractivity (Wildman–Crippen MR) is 58.9 cm³/mol. The van der Waals surface area contributed by atoms with E-state index in [1.165, 1.54) is 32.2 Å². The third-order valence-electron chi connectivity index (χ3n) is 3.07. The van der Waals surface area contributed by atoms with Gasteiger partial charge < -0.3 is 5.32 Å². The highest BCUT2D eigenvalue weighted by molar-refractivity contribution is 4.86. The molecule has 0 heterocycles. The van der Waals surface area contributed by atoms with Crippen LogP contribution >= 0.6 is 0 Å². The van der Waals surface area contributed by atoms with Crippen LogP contribution in [0.4, 0.5) is 0 Å². The van der Waals surface area contributed by atoms with Gasteiger partial charge in [-0.15, -0.1) is 0 Å². The van der Waals surface area contributed by atoms with Crippen LogP contribution in [0.25, 0.3) is 0 Å². The van der Waals surface area contributed by atoms with Gasteiger partial charge in [0.25, 0.3) is 0 Å². The van der Waals surface area contributed by atoms with Crippen molar-refractivity contribution in [1.82, 2.24) is 5.32 Å². The van der Waals surface area contributed by atoms with E-state index in [4.69, 9.17) is 0 Å². The standard InChI is InChI=1S/C12H25N/c1-5-6-13-11-7-10(2)8-12(3,4)9-11/h10-11,13H,5-9H2,1-4H3/t10-,11-/m1/s1. The van der Waals surface area contributed by atoms with Crippen LogP contribution in [0.2, 0.25) is 0 Å². The lowest BCUT2D eigenvalue weighted by atomic mass is 9.70. The Labute approximate surface area is 83.3 Å². The molecule has 0 unspecified atom stereocenters. The van der Waals surface area contributed by atoms with Crippen molar-refractivity contribution in [3.63, 3.8) is 0 Å². The molecule has 1 N–H and O–H groups in total. The first kappa shape index (κ1) is 11.0. The Bertz CT molecular complexity index is 151. The van der Waals surface area contributed by atoms with Crippen molar-refractivity contribution in [3.8, 4) is 0 Å². The van der Waals surface area contributed by atoms with Crippen LogP contribution in [0.3, 0.4) is 0 Å². The summed E-state index contributed by atoms with van der Waals surface area (Å²) in [7, 11) is 0. The smallest absolute Gasteiger partial charge is 0.00746 e. The average Bonchev–Trinajstić information content (AvgIpc) is 1.97. The molecule has 0 saturated heterocycles. The summed E-state index contributed by atoms with van der Waals surface area (Å²) >= 11 is 0. The van der Waals surface area contributed by atoms with Crippen LogP contribution in [-0.2, 0) is 0 Å². The van der Waals surface area contributed by atoms with Crippen LogP contribution in [-0.4, -0.2) is 12.6 Å². The van der Waals surface area contributed by atoms with Crippen LogP contribution in [0.15, 0.2) is 0 Å². The molecule has 1 rings (SSSR count). The molecule has 78 valence electrons. The largest absolute Gasteiger partial charge is 0.314 e. The minimum Gasteiger partial charge on any atom is -0.314 e. The molecule has 1 heteroatoms.